The SMILES string of the molecule is Cc1ccccc1[C@]1(C)CCC(=O)C1. The third-order valence-corrected chi connectivity index (χ3v) is 3.34. The molecule has 0 saturated heterocycles. The van der Waals surface area contributed by atoms with E-state index < -0.39 is 0 Å². The van der Waals surface area contributed by atoms with Crippen molar-refractivity contribution in [2.45, 2.75) is 38.5 Å². The highest BCUT2D eigenvalue weighted by atomic mass is 16.1. The van der Waals surface area contributed by atoms with Crippen LogP contribution in [-0.4, -0.2) is 5.78 Å². The van der Waals surface area contributed by atoms with Crippen LogP contribution in [0.15, 0.2) is 24.3 Å². The molecule has 1 atom stereocenters. The van der Waals surface area contributed by atoms with Crippen molar-refractivity contribution in [3.63, 3.8) is 0 Å². The Morgan fingerprint density at radius 2 is 2.00 bits per heavy atom. The summed E-state index contributed by atoms with van der Waals surface area (Å²) in [6.07, 6.45) is 2.49. The second-order valence-corrected chi connectivity index (χ2v) is 4.59. The third-order valence-electron chi connectivity index (χ3n) is 3.34. The molecule has 1 saturated carbocycles. The van der Waals surface area contributed by atoms with Crippen LogP contribution in [-0.2, 0) is 10.2 Å². The first-order valence-electron chi connectivity index (χ1n) is 5.20. The summed E-state index contributed by atoms with van der Waals surface area (Å²) in [5.41, 5.74) is 2.76. The van der Waals surface area contributed by atoms with E-state index >= 15 is 0 Å². The van der Waals surface area contributed by atoms with Crippen molar-refractivity contribution in [2.75, 3.05) is 0 Å². The molecule has 0 radical (unpaired) electrons. The molecule has 1 aliphatic carbocycles. The van der Waals surface area contributed by atoms with Crippen LogP contribution in [0.5, 0.6) is 0 Å². The summed E-state index contributed by atoms with van der Waals surface area (Å²) in [4.78, 5) is 11.3. The van der Waals surface area contributed by atoms with Crippen LogP contribution in [0.1, 0.15) is 37.3 Å². The number of carbonyl (C=O) groups excluding carboxylic acids is 1. The van der Waals surface area contributed by atoms with Gasteiger partial charge in [-0.25, -0.2) is 0 Å². The molecular formula is C13H16O. The number of hydrogen-bond acceptors (Lipinski definition) is 1. The van der Waals surface area contributed by atoms with Gasteiger partial charge in [-0.2, -0.15) is 0 Å². The number of ketones is 1. The minimum Gasteiger partial charge on any atom is -0.300 e. The smallest absolute Gasteiger partial charge is 0.133 e. The lowest BCUT2D eigenvalue weighted by Crippen LogP contribution is -2.19. The van der Waals surface area contributed by atoms with Crippen molar-refractivity contribution >= 4 is 5.78 Å². The molecule has 0 heterocycles. The lowest BCUT2D eigenvalue weighted by molar-refractivity contribution is -0.117. The molecule has 1 heteroatoms. The summed E-state index contributed by atoms with van der Waals surface area (Å²) in [5, 5.41) is 0. The predicted molar refractivity (Wildman–Crippen MR) is 57.4 cm³/mol. The fourth-order valence-corrected chi connectivity index (χ4v) is 2.51. The van der Waals surface area contributed by atoms with E-state index in [1.807, 2.05) is 0 Å². The minimum absolute atomic E-state index is 0.0996. The quantitative estimate of drug-likeness (QED) is 0.662. The van der Waals surface area contributed by atoms with Gasteiger partial charge in [0, 0.05) is 18.3 Å². The van der Waals surface area contributed by atoms with E-state index in [0.29, 0.717) is 5.78 Å². The first kappa shape index (κ1) is 9.45. The fraction of sp³-hybridized carbons (Fsp3) is 0.462. The lowest BCUT2D eigenvalue weighted by atomic mass is 9.79. The van der Waals surface area contributed by atoms with Gasteiger partial charge in [-0.05, 0) is 24.5 Å². The molecule has 0 bridgehead atoms. The van der Waals surface area contributed by atoms with Crippen molar-refractivity contribution in [3.05, 3.63) is 35.4 Å². The van der Waals surface area contributed by atoms with Gasteiger partial charge in [-0.1, -0.05) is 31.2 Å². The molecule has 1 aromatic rings. The number of rotatable bonds is 1. The Balaban J connectivity index is 2.40. The highest BCUT2D eigenvalue weighted by Crippen LogP contribution is 2.39. The standard InChI is InChI=1S/C13H16O/c1-10-5-3-4-6-12(10)13(2)8-7-11(14)9-13/h3-6H,7-9H2,1-2H3/t13-/m1/s1. The Morgan fingerprint density at radius 1 is 1.29 bits per heavy atom. The van der Waals surface area contributed by atoms with Gasteiger partial charge in [0.1, 0.15) is 5.78 Å². The molecular weight excluding hydrogens is 172 g/mol. The van der Waals surface area contributed by atoms with Crippen LogP contribution in [0.2, 0.25) is 0 Å². The second kappa shape index (κ2) is 3.23. The van der Waals surface area contributed by atoms with E-state index in [0.717, 1.165) is 19.3 Å². The van der Waals surface area contributed by atoms with Crippen LogP contribution >= 0.6 is 0 Å². The summed E-state index contributed by atoms with van der Waals surface area (Å²) >= 11 is 0. The maximum atomic E-state index is 11.3. The largest absolute Gasteiger partial charge is 0.300 e. The highest BCUT2D eigenvalue weighted by molar-refractivity contribution is 5.82. The van der Waals surface area contributed by atoms with Gasteiger partial charge in [0.2, 0.25) is 0 Å². The second-order valence-electron chi connectivity index (χ2n) is 4.59. The average Bonchev–Trinajstić information content (AvgIpc) is 2.48. The van der Waals surface area contributed by atoms with Crippen LogP contribution in [0, 0.1) is 6.92 Å². The van der Waals surface area contributed by atoms with Crippen LogP contribution in [0.25, 0.3) is 0 Å². The molecule has 1 fully saturated rings. The summed E-state index contributed by atoms with van der Waals surface area (Å²) in [5.74, 6) is 0.413. The molecule has 0 N–H and O–H groups in total. The van der Waals surface area contributed by atoms with Crippen molar-refractivity contribution in [1.82, 2.24) is 0 Å². The van der Waals surface area contributed by atoms with E-state index in [1.54, 1.807) is 0 Å². The van der Waals surface area contributed by atoms with E-state index in [1.165, 1.54) is 11.1 Å². The Bertz CT molecular complexity index is 367. The molecule has 74 valence electrons. The van der Waals surface area contributed by atoms with Gasteiger partial charge in [0.05, 0.1) is 0 Å². The average molecular weight is 188 g/mol. The molecule has 1 aliphatic rings. The first-order chi connectivity index (χ1) is 6.62. The van der Waals surface area contributed by atoms with Crippen molar-refractivity contribution in [1.29, 1.82) is 0 Å². The molecule has 1 nitrogen and oxygen atoms in total. The molecule has 14 heavy (non-hydrogen) atoms. The van der Waals surface area contributed by atoms with E-state index in [-0.39, 0.29) is 5.41 Å². The maximum Gasteiger partial charge on any atom is 0.133 e. The summed E-state index contributed by atoms with van der Waals surface area (Å²) < 4.78 is 0. The normalized spacial score (nSPS) is 26.9. The molecule has 0 unspecified atom stereocenters. The van der Waals surface area contributed by atoms with Gasteiger partial charge >= 0.3 is 0 Å². The van der Waals surface area contributed by atoms with Crippen molar-refractivity contribution in [3.8, 4) is 0 Å². The zero-order chi connectivity index (χ0) is 10.2. The molecule has 0 aromatic heterocycles. The van der Waals surface area contributed by atoms with E-state index in [9.17, 15) is 4.79 Å². The van der Waals surface area contributed by atoms with E-state index in [2.05, 4.69) is 38.1 Å². The van der Waals surface area contributed by atoms with Gasteiger partial charge in [-0.3, -0.25) is 4.79 Å². The first-order valence-corrected chi connectivity index (χ1v) is 5.20. The molecule has 1 aromatic carbocycles. The summed E-state index contributed by atoms with van der Waals surface area (Å²) in [7, 11) is 0. The third kappa shape index (κ3) is 1.47. The van der Waals surface area contributed by atoms with Gasteiger partial charge in [-0.15, -0.1) is 0 Å². The number of carbonyl (C=O) groups is 1. The maximum absolute atomic E-state index is 11.3. The molecule has 0 spiro atoms. The molecule has 2 rings (SSSR count). The van der Waals surface area contributed by atoms with Gasteiger partial charge in [0.25, 0.3) is 0 Å². The Morgan fingerprint density at radius 3 is 2.57 bits per heavy atom. The number of hydrogen-bond donors (Lipinski definition) is 0. The Hall–Kier alpha value is -1.11. The Labute approximate surface area is 85.1 Å². The van der Waals surface area contributed by atoms with Crippen molar-refractivity contribution in [2.24, 2.45) is 0 Å². The predicted octanol–water partition coefficient (Wildman–Crippen LogP) is 3.01. The zero-order valence-corrected chi connectivity index (χ0v) is 8.84. The molecule has 0 aliphatic heterocycles. The van der Waals surface area contributed by atoms with Crippen LogP contribution in [0.3, 0.4) is 0 Å². The van der Waals surface area contributed by atoms with Crippen molar-refractivity contribution < 1.29 is 4.79 Å². The number of benzene rings is 1. The summed E-state index contributed by atoms with van der Waals surface area (Å²) in [6, 6.07) is 8.41. The Kier molecular flexibility index (Phi) is 2.18. The monoisotopic (exact) mass is 188 g/mol. The van der Waals surface area contributed by atoms with Crippen LogP contribution in [0.4, 0.5) is 0 Å². The van der Waals surface area contributed by atoms with Gasteiger partial charge in [0.15, 0.2) is 0 Å². The minimum atomic E-state index is 0.0996. The molecule has 0 amide bonds. The van der Waals surface area contributed by atoms with Gasteiger partial charge < -0.3 is 0 Å². The summed E-state index contributed by atoms with van der Waals surface area (Å²) in [6.45, 7) is 4.34. The van der Waals surface area contributed by atoms with Crippen LogP contribution < -0.4 is 0 Å². The lowest BCUT2D eigenvalue weighted by Gasteiger charge is -2.25. The number of aryl methyl sites for hydroxylation is 1. The fourth-order valence-electron chi connectivity index (χ4n) is 2.51. The van der Waals surface area contributed by atoms with E-state index in [4.69, 9.17) is 0 Å². The highest BCUT2D eigenvalue weighted by Gasteiger charge is 2.36. The zero-order valence-electron chi connectivity index (χ0n) is 8.84. The topological polar surface area (TPSA) is 17.1 Å². The number of Topliss-reactive ketones (excluding diaryl/α,β-unsaturated/α-hetero) is 1.